The van der Waals surface area contributed by atoms with Gasteiger partial charge in [-0.05, 0) is 53.1 Å². The highest BCUT2D eigenvalue weighted by Gasteiger charge is 2.47. The molecule has 0 spiro atoms. The third-order valence-electron chi connectivity index (χ3n) is 15.4. The smallest absolute Gasteiger partial charge is 0.344 e. The third kappa shape index (κ3) is 9.64. The van der Waals surface area contributed by atoms with Crippen LogP contribution in [0.5, 0.6) is 17.2 Å². The minimum absolute atomic E-state index is 0.158. The van der Waals surface area contributed by atoms with E-state index in [2.05, 4.69) is 0 Å². The molecule has 0 fully saturated rings. The van der Waals surface area contributed by atoms with Gasteiger partial charge in [0.25, 0.3) is 0 Å². The number of carbonyl (C=O) groups excluding carboxylic acids is 3. The highest BCUT2D eigenvalue weighted by atomic mass is 16.5. The molecule has 0 N–H and O–H groups in total. The number of rotatable bonds is 9. The van der Waals surface area contributed by atoms with Crippen LogP contribution < -0.4 is 31.1 Å². The van der Waals surface area contributed by atoms with E-state index in [-0.39, 0.29) is 17.3 Å². The van der Waals surface area contributed by atoms with Crippen molar-refractivity contribution in [1.29, 1.82) is 0 Å². The first-order chi connectivity index (χ1) is 41.2. The second-order valence-corrected chi connectivity index (χ2v) is 20.4. The van der Waals surface area contributed by atoms with Gasteiger partial charge in [0.15, 0.2) is 18.3 Å². The minimum Gasteiger partial charge on any atom is -0.480 e. The van der Waals surface area contributed by atoms with Crippen LogP contribution in [0, 0.1) is 0 Å². The van der Waals surface area contributed by atoms with Crippen LogP contribution in [0.1, 0.15) is 82.2 Å². The van der Waals surface area contributed by atoms with Crippen molar-refractivity contribution in [2.75, 3.05) is 0 Å². The highest BCUT2D eigenvalue weighted by molar-refractivity contribution is 6.04. The van der Waals surface area contributed by atoms with Crippen molar-refractivity contribution >= 4 is 50.3 Å². The lowest BCUT2D eigenvalue weighted by molar-refractivity contribution is 0.0803. The lowest BCUT2D eigenvalue weighted by Crippen LogP contribution is -2.31. The van der Waals surface area contributed by atoms with Crippen molar-refractivity contribution in [2.24, 2.45) is 0 Å². The van der Waals surface area contributed by atoms with Gasteiger partial charge in [-0.25, -0.2) is 14.4 Å². The second-order valence-electron chi connectivity index (χ2n) is 20.4. The molecule has 9 aromatic carbocycles. The molecule has 6 heterocycles. The number of Topliss-reactive ketones (excluding diaryl/α,β-unsaturated/α-hetero) is 3. The zero-order valence-electron chi connectivity index (χ0n) is 44.6. The van der Waals surface area contributed by atoms with E-state index < -0.39 is 52.9 Å². The Kier molecular flexibility index (Phi) is 14.0. The maximum absolute atomic E-state index is 13.3. The van der Waals surface area contributed by atoms with Gasteiger partial charge in [-0.3, -0.25) is 14.4 Å². The Labute approximate surface area is 479 Å². The van der Waals surface area contributed by atoms with E-state index in [0.717, 1.165) is 16.7 Å². The fourth-order valence-electron chi connectivity index (χ4n) is 11.6. The second kappa shape index (κ2) is 22.5. The number of ketones is 3. The molecule has 6 atom stereocenters. The average Bonchev–Trinajstić information content (AvgIpc) is 3.05. The van der Waals surface area contributed by atoms with Crippen molar-refractivity contribution in [1.82, 2.24) is 0 Å². The number of hydrogen-bond acceptors (Lipinski definition) is 12. The molecule has 0 unspecified atom stereocenters. The summed E-state index contributed by atoms with van der Waals surface area (Å²) in [5, 5.41) is 2.09. The van der Waals surface area contributed by atoms with Crippen molar-refractivity contribution in [2.45, 2.75) is 36.1 Å². The van der Waals surface area contributed by atoms with Crippen LogP contribution in [-0.2, 0) is 0 Å². The first kappa shape index (κ1) is 52.4. The number of para-hydroxylation sites is 3. The van der Waals surface area contributed by atoms with Crippen molar-refractivity contribution in [3.8, 4) is 17.2 Å². The molecule has 408 valence electrons. The molecule has 3 aromatic heterocycles. The summed E-state index contributed by atoms with van der Waals surface area (Å²) >= 11 is 0. The summed E-state index contributed by atoms with van der Waals surface area (Å²) in [5.41, 5.74) is 5.34. The number of carbonyl (C=O) groups is 3. The predicted octanol–water partition coefficient (Wildman–Crippen LogP) is 13.7. The third-order valence-corrected chi connectivity index (χ3v) is 15.4. The maximum Gasteiger partial charge on any atom is 0.344 e. The summed E-state index contributed by atoms with van der Waals surface area (Å²) in [6, 6.07) is 77.2. The minimum atomic E-state index is -0.825. The SMILES string of the molecule is O=C(c1ccccc1)[C@@H]1Oc2c(c(=O)oc3ccccc23)[C@H]1c1ccccc1.O=C(c1ccccc1)[C@H]1Oc2c(c(=O)oc3ccccc23)[C@@H]1c1ccccc1.O=C(c1ccccc1)[C@H]1Oc2c(c(=O)oc3ccccc23)[C@@H]1c1ccccc1. The zero-order valence-corrected chi connectivity index (χ0v) is 44.6. The van der Waals surface area contributed by atoms with E-state index in [0.29, 0.717) is 83.5 Å². The Hall–Kier alpha value is -11.0. The summed E-state index contributed by atoms with van der Waals surface area (Å²) in [4.78, 5) is 78.4. The van der Waals surface area contributed by atoms with E-state index in [1.165, 1.54) is 0 Å². The van der Waals surface area contributed by atoms with Gasteiger partial charge in [0.2, 0.25) is 17.3 Å². The Balaban J connectivity index is 0.000000118. The highest BCUT2D eigenvalue weighted by Crippen LogP contribution is 2.48. The maximum atomic E-state index is 13.3. The van der Waals surface area contributed by atoms with Crippen molar-refractivity contribution in [3.63, 3.8) is 0 Å². The molecule has 3 aliphatic heterocycles. The normalized spacial score (nSPS) is 17.9. The fraction of sp³-hybridized carbons (Fsp3) is 0.0833. The van der Waals surface area contributed by atoms with E-state index in [1.54, 1.807) is 72.8 Å². The lowest BCUT2D eigenvalue weighted by atomic mass is 9.85. The molecule has 12 heteroatoms. The van der Waals surface area contributed by atoms with E-state index in [4.69, 9.17) is 27.5 Å². The molecule has 84 heavy (non-hydrogen) atoms. The number of hydrogen-bond donors (Lipinski definition) is 0. The standard InChI is InChI=1S/3C24H16O4/c3*25-21(16-11-5-2-6-12-16)23-19(15-9-3-1-4-10-15)20-22(28-23)17-13-7-8-14-18(17)27-24(20)26/h3*1-14,19,23H/t3*19-,23-/m100/s1. The first-order valence-electron chi connectivity index (χ1n) is 27.3. The average molecular weight is 1110 g/mol. The van der Waals surface area contributed by atoms with Crippen LogP contribution in [0.2, 0.25) is 0 Å². The number of ether oxygens (including phenoxy) is 3. The predicted molar refractivity (Wildman–Crippen MR) is 318 cm³/mol. The molecular weight excluding hydrogens is 1060 g/mol. The molecule has 15 rings (SSSR count). The van der Waals surface area contributed by atoms with Crippen LogP contribution in [0.25, 0.3) is 32.9 Å². The Morgan fingerprint density at radius 2 is 0.476 bits per heavy atom. The molecule has 12 aromatic rings. The van der Waals surface area contributed by atoms with Gasteiger partial charge in [-0.1, -0.05) is 218 Å². The molecule has 0 saturated heterocycles. The topological polar surface area (TPSA) is 170 Å². The quantitative estimate of drug-likeness (QED) is 0.0991. The van der Waals surface area contributed by atoms with E-state index in [9.17, 15) is 28.8 Å². The van der Waals surface area contributed by atoms with Crippen LogP contribution in [0.15, 0.2) is 282 Å². The van der Waals surface area contributed by atoms with Crippen LogP contribution in [0.4, 0.5) is 0 Å². The molecular formula is C72H48O12. The summed E-state index contributed by atoms with van der Waals surface area (Å²) in [5.74, 6) is -0.725. The molecule has 0 radical (unpaired) electrons. The van der Waals surface area contributed by atoms with Gasteiger partial charge < -0.3 is 27.5 Å². The van der Waals surface area contributed by atoms with Crippen molar-refractivity contribution < 1.29 is 41.8 Å². The Bertz CT molecular complexity index is 4150. The van der Waals surface area contributed by atoms with Crippen LogP contribution >= 0.6 is 0 Å². The number of fused-ring (bicyclic) bond motifs is 9. The number of benzene rings is 9. The molecule has 12 nitrogen and oxygen atoms in total. The Morgan fingerprint density at radius 3 is 0.726 bits per heavy atom. The lowest BCUT2D eigenvalue weighted by Gasteiger charge is -2.18. The van der Waals surface area contributed by atoms with Gasteiger partial charge >= 0.3 is 16.9 Å². The monoisotopic (exact) mass is 1100 g/mol. The zero-order chi connectivity index (χ0) is 57.3. The molecule has 0 amide bonds. The molecule has 0 bridgehead atoms. The van der Waals surface area contributed by atoms with Crippen molar-refractivity contribution in [3.05, 3.63) is 336 Å². The van der Waals surface area contributed by atoms with E-state index in [1.807, 2.05) is 182 Å². The summed E-state index contributed by atoms with van der Waals surface area (Å²) in [6.07, 6.45) is -2.48. The molecule has 0 aliphatic carbocycles. The van der Waals surface area contributed by atoms with Gasteiger partial charge in [-0.15, -0.1) is 0 Å². The first-order valence-corrected chi connectivity index (χ1v) is 27.3. The summed E-state index contributed by atoms with van der Waals surface area (Å²) in [6.45, 7) is 0. The molecule has 0 saturated carbocycles. The van der Waals surface area contributed by atoms with Gasteiger partial charge in [0.1, 0.15) is 34.0 Å². The van der Waals surface area contributed by atoms with Gasteiger partial charge in [0, 0.05) is 16.7 Å². The van der Waals surface area contributed by atoms with Crippen LogP contribution in [-0.4, -0.2) is 35.7 Å². The fourth-order valence-corrected chi connectivity index (χ4v) is 11.6. The summed E-state index contributed by atoms with van der Waals surface area (Å²) in [7, 11) is 0. The van der Waals surface area contributed by atoms with Gasteiger partial charge in [0.05, 0.1) is 50.6 Å². The van der Waals surface area contributed by atoms with Crippen LogP contribution in [0.3, 0.4) is 0 Å². The molecule has 3 aliphatic rings. The Morgan fingerprint density at radius 1 is 0.262 bits per heavy atom. The summed E-state index contributed by atoms with van der Waals surface area (Å²) < 4.78 is 35.2. The van der Waals surface area contributed by atoms with Gasteiger partial charge in [-0.2, -0.15) is 0 Å². The van der Waals surface area contributed by atoms with E-state index >= 15 is 0 Å². The largest absolute Gasteiger partial charge is 0.480 e.